The third-order valence-corrected chi connectivity index (χ3v) is 3.18. The van der Waals surface area contributed by atoms with Gasteiger partial charge in [0, 0.05) is 18.7 Å². The van der Waals surface area contributed by atoms with Gasteiger partial charge in [0.2, 0.25) is 0 Å². The Morgan fingerprint density at radius 2 is 1.81 bits per heavy atom. The molecular weight excluding hydrogens is 271 g/mol. The molecule has 0 aliphatic carbocycles. The van der Waals surface area contributed by atoms with Gasteiger partial charge in [-0.1, -0.05) is 19.0 Å². The van der Waals surface area contributed by atoms with Gasteiger partial charge in [-0.25, -0.2) is 4.39 Å². The monoisotopic (exact) mass is 290 g/mol. The molecule has 2 rings (SSSR count). The normalized spacial score (nSPS) is 10.6. The average Bonchev–Trinajstić information content (AvgIpc) is 2.96. The number of halogens is 1. The summed E-state index contributed by atoms with van der Waals surface area (Å²) in [5.74, 6) is -0.0405. The summed E-state index contributed by atoms with van der Waals surface area (Å²) in [4.78, 5) is 14.4. The molecule has 0 aliphatic heterocycles. The summed E-state index contributed by atoms with van der Waals surface area (Å²) in [7, 11) is 0. The van der Waals surface area contributed by atoms with E-state index in [1.165, 1.54) is 18.3 Å². The standard InChI is InChI=1S/C16H19FN2O2/c1-3-9-19(10-4-2)16(20)14-11-18-21-15(14)12-5-7-13(17)8-6-12/h5-8,11H,3-4,9-10H2,1-2H3. The topological polar surface area (TPSA) is 46.3 Å². The molecule has 1 aromatic heterocycles. The number of aromatic nitrogens is 1. The highest BCUT2D eigenvalue weighted by Gasteiger charge is 2.22. The zero-order chi connectivity index (χ0) is 15.2. The van der Waals surface area contributed by atoms with E-state index in [2.05, 4.69) is 5.16 Å². The second-order valence-electron chi connectivity index (χ2n) is 4.87. The maximum atomic E-state index is 13.0. The van der Waals surface area contributed by atoms with Crippen molar-refractivity contribution in [2.24, 2.45) is 0 Å². The van der Waals surface area contributed by atoms with Gasteiger partial charge in [-0.05, 0) is 37.1 Å². The molecule has 0 aliphatic rings. The Labute approximate surface area is 123 Å². The number of nitrogens with zero attached hydrogens (tertiary/aromatic N) is 2. The molecule has 0 saturated heterocycles. The minimum absolute atomic E-state index is 0.0979. The number of rotatable bonds is 6. The first-order chi connectivity index (χ1) is 10.2. The van der Waals surface area contributed by atoms with Crippen molar-refractivity contribution in [3.63, 3.8) is 0 Å². The molecule has 4 nitrogen and oxygen atoms in total. The third-order valence-electron chi connectivity index (χ3n) is 3.18. The van der Waals surface area contributed by atoms with E-state index in [-0.39, 0.29) is 11.7 Å². The fraction of sp³-hybridized carbons (Fsp3) is 0.375. The smallest absolute Gasteiger partial charge is 0.259 e. The van der Waals surface area contributed by atoms with Crippen LogP contribution in [0.1, 0.15) is 37.0 Å². The van der Waals surface area contributed by atoms with E-state index in [1.54, 1.807) is 17.0 Å². The van der Waals surface area contributed by atoms with Crippen molar-refractivity contribution >= 4 is 5.91 Å². The molecule has 1 aromatic carbocycles. The van der Waals surface area contributed by atoms with Crippen LogP contribution in [0.25, 0.3) is 11.3 Å². The molecule has 0 atom stereocenters. The average molecular weight is 290 g/mol. The summed E-state index contributed by atoms with van der Waals surface area (Å²) >= 11 is 0. The van der Waals surface area contributed by atoms with Crippen LogP contribution in [0.4, 0.5) is 4.39 Å². The molecule has 0 fully saturated rings. The molecule has 0 saturated carbocycles. The Kier molecular flexibility index (Phi) is 5.09. The van der Waals surface area contributed by atoms with Crippen LogP contribution in [0.15, 0.2) is 35.0 Å². The van der Waals surface area contributed by atoms with Crippen LogP contribution in [-0.2, 0) is 0 Å². The van der Waals surface area contributed by atoms with E-state index in [1.807, 2.05) is 13.8 Å². The van der Waals surface area contributed by atoms with Crippen molar-refractivity contribution < 1.29 is 13.7 Å². The molecule has 112 valence electrons. The summed E-state index contributed by atoms with van der Waals surface area (Å²) in [6, 6.07) is 5.83. The lowest BCUT2D eigenvalue weighted by molar-refractivity contribution is 0.0756. The van der Waals surface area contributed by atoms with Crippen molar-refractivity contribution in [3.8, 4) is 11.3 Å². The third kappa shape index (κ3) is 3.48. The van der Waals surface area contributed by atoms with Gasteiger partial charge in [0.25, 0.3) is 5.91 Å². The van der Waals surface area contributed by atoms with E-state index in [4.69, 9.17) is 4.52 Å². The highest BCUT2D eigenvalue weighted by molar-refractivity contribution is 5.99. The van der Waals surface area contributed by atoms with Crippen LogP contribution >= 0.6 is 0 Å². The lowest BCUT2D eigenvalue weighted by Gasteiger charge is -2.20. The molecule has 21 heavy (non-hydrogen) atoms. The van der Waals surface area contributed by atoms with Gasteiger partial charge in [0.15, 0.2) is 5.76 Å². The molecule has 0 bridgehead atoms. The van der Waals surface area contributed by atoms with Gasteiger partial charge in [-0.15, -0.1) is 0 Å². The van der Waals surface area contributed by atoms with E-state index in [0.29, 0.717) is 30.0 Å². The lowest BCUT2D eigenvalue weighted by Crippen LogP contribution is -2.32. The first kappa shape index (κ1) is 15.2. The van der Waals surface area contributed by atoms with Gasteiger partial charge >= 0.3 is 0 Å². The fourth-order valence-electron chi connectivity index (χ4n) is 2.23. The summed E-state index contributed by atoms with van der Waals surface area (Å²) in [5, 5.41) is 3.73. The molecular formula is C16H19FN2O2. The second-order valence-corrected chi connectivity index (χ2v) is 4.87. The van der Waals surface area contributed by atoms with Crippen molar-refractivity contribution in [1.82, 2.24) is 10.1 Å². The van der Waals surface area contributed by atoms with Crippen LogP contribution < -0.4 is 0 Å². The minimum Gasteiger partial charge on any atom is -0.355 e. The largest absolute Gasteiger partial charge is 0.355 e. The number of benzene rings is 1. The van der Waals surface area contributed by atoms with Crippen molar-refractivity contribution in [1.29, 1.82) is 0 Å². The fourth-order valence-corrected chi connectivity index (χ4v) is 2.23. The van der Waals surface area contributed by atoms with E-state index >= 15 is 0 Å². The predicted octanol–water partition coefficient (Wildman–Crippen LogP) is 3.74. The quantitative estimate of drug-likeness (QED) is 0.814. The Balaban J connectivity index is 2.30. The summed E-state index contributed by atoms with van der Waals surface area (Å²) in [5.41, 5.74) is 1.06. The Morgan fingerprint density at radius 1 is 1.19 bits per heavy atom. The Hall–Kier alpha value is -2.17. The molecule has 5 heteroatoms. The first-order valence-corrected chi connectivity index (χ1v) is 7.17. The van der Waals surface area contributed by atoms with Crippen LogP contribution in [0.5, 0.6) is 0 Å². The van der Waals surface area contributed by atoms with E-state index in [9.17, 15) is 9.18 Å². The number of amides is 1. The molecule has 0 unspecified atom stereocenters. The zero-order valence-corrected chi connectivity index (χ0v) is 12.3. The van der Waals surface area contributed by atoms with Gasteiger partial charge in [0.1, 0.15) is 11.4 Å². The van der Waals surface area contributed by atoms with Gasteiger partial charge in [0.05, 0.1) is 6.20 Å². The number of carbonyl (C=O) groups excluding carboxylic acids is 1. The molecule has 0 radical (unpaired) electrons. The summed E-state index contributed by atoms with van der Waals surface area (Å²) in [6.45, 7) is 5.45. The first-order valence-electron chi connectivity index (χ1n) is 7.17. The van der Waals surface area contributed by atoms with Crippen molar-refractivity contribution in [3.05, 3.63) is 41.8 Å². The zero-order valence-electron chi connectivity index (χ0n) is 12.3. The van der Waals surface area contributed by atoms with Crippen LogP contribution in [-0.4, -0.2) is 29.1 Å². The molecule has 0 N–H and O–H groups in total. The molecule has 1 heterocycles. The van der Waals surface area contributed by atoms with Crippen molar-refractivity contribution in [2.45, 2.75) is 26.7 Å². The minimum atomic E-state index is -0.329. The maximum absolute atomic E-state index is 13.0. The van der Waals surface area contributed by atoms with Crippen molar-refractivity contribution in [2.75, 3.05) is 13.1 Å². The van der Waals surface area contributed by atoms with E-state index in [0.717, 1.165) is 12.8 Å². The summed E-state index contributed by atoms with van der Waals surface area (Å²) < 4.78 is 18.2. The van der Waals surface area contributed by atoms with Crippen LogP contribution in [0.3, 0.4) is 0 Å². The number of carbonyl (C=O) groups is 1. The second kappa shape index (κ2) is 7.02. The highest BCUT2D eigenvalue weighted by Crippen LogP contribution is 2.25. The SMILES string of the molecule is CCCN(CCC)C(=O)c1cnoc1-c1ccc(F)cc1. The van der Waals surface area contributed by atoms with E-state index < -0.39 is 0 Å². The highest BCUT2D eigenvalue weighted by atomic mass is 19.1. The maximum Gasteiger partial charge on any atom is 0.259 e. The number of hydrogen-bond acceptors (Lipinski definition) is 3. The van der Waals surface area contributed by atoms with Gasteiger partial charge in [-0.2, -0.15) is 0 Å². The molecule has 1 amide bonds. The molecule has 0 spiro atoms. The lowest BCUT2D eigenvalue weighted by atomic mass is 10.1. The Morgan fingerprint density at radius 3 is 2.38 bits per heavy atom. The van der Waals surface area contributed by atoms with Crippen LogP contribution in [0.2, 0.25) is 0 Å². The summed E-state index contributed by atoms with van der Waals surface area (Å²) in [6.07, 6.45) is 3.21. The predicted molar refractivity (Wildman–Crippen MR) is 78.4 cm³/mol. The van der Waals surface area contributed by atoms with Crippen LogP contribution in [0, 0.1) is 5.82 Å². The van der Waals surface area contributed by atoms with Gasteiger partial charge in [-0.3, -0.25) is 4.79 Å². The Bertz CT molecular complexity index is 587. The number of hydrogen-bond donors (Lipinski definition) is 0. The van der Waals surface area contributed by atoms with Gasteiger partial charge < -0.3 is 9.42 Å². The molecule has 2 aromatic rings.